The number of amides is 1. The Bertz CT molecular complexity index is 611. The first kappa shape index (κ1) is 15.1. The summed E-state index contributed by atoms with van der Waals surface area (Å²) in [5.41, 5.74) is -0.983. The topological polar surface area (TPSA) is 59.0 Å². The van der Waals surface area contributed by atoms with Crippen molar-refractivity contribution in [3.63, 3.8) is 0 Å². The fraction of sp³-hybridized carbons (Fsp3) is 0.750. The maximum absolute atomic E-state index is 14.3. The summed E-state index contributed by atoms with van der Waals surface area (Å²) in [6.07, 6.45) is 6.50. The van der Waals surface area contributed by atoms with Crippen LogP contribution in [0.25, 0.3) is 0 Å². The Labute approximate surface area is 133 Å². The van der Waals surface area contributed by atoms with Gasteiger partial charge in [-0.15, -0.1) is 0 Å². The van der Waals surface area contributed by atoms with Crippen molar-refractivity contribution >= 4 is 11.6 Å². The van der Waals surface area contributed by atoms with E-state index in [1.165, 1.54) is 0 Å². The summed E-state index contributed by atoms with van der Waals surface area (Å²) in [7, 11) is 0. The number of hydrogen-bond donors (Lipinski definition) is 2. The van der Waals surface area contributed by atoms with Gasteiger partial charge in [0.25, 0.3) is 5.92 Å². The maximum Gasteiger partial charge on any atom is 0.262 e. The molecule has 2 aliphatic carbocycles. The number of anilines is 1. The molecule has 0 spiro atoms. The number of piperidine rings is 1. The summed E-state index contributed by atoms with van der Waals surface area (Å²) in [4.78, 5) is 12.6. The van der Waals surface area contributed by atoms with Crippen LogP contribution in [-0.4, -0.2) is 34.7 Å². The van der Waals surface area contributed by atoms with Gasteiger partial charge in [0.2, 0.25) is 5.91 Å². The lowest BCUT2D eigenvalue weighted by molar-refractivity contribution is -0.151. The lowest BCUT2D eigenvalue weighted by Crippen LogP contribution is -2.46. The summed E-state index contributed by atoms with van der Waals surface area (Å²) >= 11 is 0. The van der Waals surface area contributed by atoms with Crippen LogP contribution in [0.3, 0.4) is 0 Å². The Morgan fingerprint density at radius 3 is 2.74 bits per heavy atom. The van der Waals surface area contributed by atoms with E-state index in [-0.39, 0.29) is 12.3 Å². The highest BCUT2D eigenvalue weighted by atomic mass is 19.3. The van der Waals surface area contributed by atoms with Crippen molar-refractivity contribution in [2.75, 3.05) is 18.4 Å². The van der Waals surface area contributed by atoms with Crippen LogP contribution in [0, 0.1) is 11.3 Å². The Kier molecular flexibility index (Phi) is 3.44. The van der Waals surface area contributed by atoms with E-state index in [9.17, 15) is 13.6 Å². The van der Waals surface area contributed by atoms with Crippen LogP contribution in [0.15, 0.2) is 12.4 Å². The zero-order valence-corrected chi connectivity index (χ0v) is 13.0. The van der Waals surface area contributed by atoms with Gasteiger partial charge in [-0.05, 0) is 51.1 Å². The summed E-state index contributed by atoms with van der Waals surface area (Å²) in [6.45, 7) is 1.89. The van der Waals surface area contributed by atoms with E-state index in [1.807, 2.05) is 4.68 Å². The zero-order valence-electron chi connectivity index (χ0n) is 13.0. The number of aromatic nitrogens is 2. The molecule has 1 saturated heterocycles. The minimum atomic E-state index is -2.88. The van der Waals surface area contributed by atoms with Gasteiger partial charge < -0.3 is 10.6 Å². The van der Waals surface area contributed by atoms with Crippen molar-refractivity contribution in [2.45, 2.75) is 50.5 Å². The highest BCUT2D eigenvalue weighted by Crippen LogP contribution is 2.62. The highest BCUT2D eigenvalue weighted by molar-refractivity contribution is 5.96. The standard InChI is InChI=1S/C16H22F2N4O/c17-16(18)8-11-1-4-15(16,7-11)14(23)21-12-9-20-22(10-12)13-2-5-19-6-3-13/h9-11,13,19H,1-8H2,(H,21,23). The highest BCUT2D eigenvalue weighted by Gasteiger charge is 2.67. The van der Waals surface area contributed by atoms with E-state index in [2.05, 4.69) is 15.7 Å². The molecule has 3 fully saturated rings. The number of carbonyl (C=O) groups is 1. The first-order valence-electron chi connectivity index (χ1n) is 8.44. The van der Waals surface area contributed by atoms with Gasteiger partial charge in [-0.3, -0.25) is 9.48 Å². The van der Waals surface area contributed by atoms with Gasteiger partial charge in [0, 0.05) is 12.6 Å². The molecule has 2 bridgehead atoms. The second-order valence-corrected chi connectivity index (χ2v) is 7.24. The average Bonchev–Trinajstić information content (AvgIpc) is 3.21. The minimum Gasteiger partial charge on any atom is -0.323 e. The number of hydrogen-bond acceptors (Lipinski definition) is 3. The zero-order chi connectivity index (χ0) is 16.1. The minimum absolute atomic E-state index is 0.00629. The van der Waals surface area contributed by atoms with E-state index in [0.29, 0.717) is 24.6 Å². The van der Waals surface area contributed by atoms with Gasteiger partial charge in [0.15, 0.2) is 0 Å². The number of nitrogens with one attached hydrogen (secondary N) is 2. The molecule has 1 aromatic heterocycles. The largest absolute Gasteiger partial charge is 0.323 e. The molecule has 2 saturated carbocycles. The van der Waals surface area contributed by atoms with Crippen LogP contribution in [0.5, 0.6) is 0 Å². The molecule has 2 heterocycles. The number of carbonyl (C=O) groups excluding carboxylic acids is 1. The fourth-order valence-corrected chi connectivity index (χ4v) is 4.51. The smallest absolute Gasteiger partial charge is 0.262 e. The maximum atomic E-state index is 14.3. The first-order valence-corrected chi connectivity index (χ1v) is 8.44. The van der Waals surface area contributed by atoms with Crippen LogP contribution < -0.4 is 10.6 Å². The van der Waals surface area contributed by atoms with E-state index in [0.717, 1.165) is 32.4 Å². The molecule has 2 N–H and O–H groups in total. The summed E-state index contributed by atoms with van der Waals surface area (Å²) in [6, 6.07) is 0.309. The Morgan fingerprint density at radius 2 is 2.09 bits per heavy atom. The van der Waals surface area contributed by atoms with Crippen LogP contribution in [0.4, 0.5) is 14.5 Å². The SMILES string of the molecule is O=C(Nc1cnn(C2CCNCC2)c1)C12CCC(CC1(F)F)C2. The molecular weight excluding hydrogens is 302 g/mol. The van der Waals surface area contributed by atoms with Gasteiger partial charge in [-0.2, -0.15) is 5.10 Å². The molecule has 1 amide bonds. The Hall–Kier alpha value is -1.50. The molecule has 5 nitrogen and oxygen atoms in total. The molecule has 2 atom stereocenters. The Balaban J connectivity index is 1.48. The van der Waals surface area contributed by atoms with Crippen molar-refractivity contribution in [1.29, 1.82) is 0 Å². The van der Waals surface area contributed by atoms with Crippen molar-refractivity contribution in [3.8, 4) is 0 Å². The molecule has 1 aromatic rings. The second-order valence-electron chi connectivity index (χ2n) is 7.24. The number of alkyl halides is 2. The lowest BCUT2D eigenvalue weighted by atomic mass is 9.80. The molecule has 4 rings (SSSR count). The average molecular weight is 324 g/mol. The molecule has 23 heavy (non-hydrogen) atoms. The number of fused-ring (bicyclic) bond motifs is 2. The predicted molar refractivity (Wildman–Crippen MR) is 81.3 cm³/mol. The summed E-state index contributed by atoms with van der Waals surface area (Å²) in [5, 5.41) is 10.3. The number of rotatable bonds is 3. The third-order valence-corrected chi connectivity index (χ3v) is 5.84. The van der Waals surface area contributed by atoms with Crippen LogP contribution in [-0.2, 0) is 4.79 Å². The van der Waals surface area contributed by atoms with Crippen LogP contribution in [0.2, 0.25) is 0 Å². The van der Waals surface area contributed by atoms with Crippen molar-refractivity contribution in [2.24, 2.45) is 11.3 Å². The van der Waals surface area contributed by atoms with Gasteiger partial charge in [0.1, 0.15) is 5.41 Å². The quantitative estimate of drug-likeness (QED) is 0.898. The van der Waals surface area contributed by atoms with Crippen molar-refractivity contribution in [3.05, 3.63) is 12.4 Å². The predicted octanol–water partition coefficient (Wildman–Crippen LogP) is 2.57. The molecule has 3 aliphatic rings. The summed E-state index contributed by atoms with van der Waals surface area (Å²) < 4.78 is 30.4. The van der Waals surface area contributed by atoms with Gasteiger partial charge in [-0.25, -0.2) is 8.78 Å². The molecule has 0 aromatic carbocycles. The fourth-order valence-electron chi connectivity index (χ4n) is 4.51. The van der Waals surface area contributed by atoms with E-state index < -0.39 is 17.2 Å². The van der Waals surface area contributed by atoms with Gasteiger partial charge in [0.05, 0.1) is 17.9 Å². The molecule has 2 unspecified atom stereocenters. The van der Waals surface area contributed by atoms with Crippen molar-refractivity contribution in [1.82, 2.24) is 15.1 Å². The van der Waals surface area contributed by atoms with Crippen molar-refractivity contribution < 1.29 is 13.6 Å². The first-order chi connectivity index (χ1) is 11.0. The molecular formula is C16H22F2N4O. The van der Waals surface area contributed by atoms with Crippen LogP contribution >= 0.6 is 0 Å². The van der Waals surface area contributed by atoms with Gasteiger partial charge in [-0.1, -0.05) is 0 Å². The normalized spacial score (nSPS) is 33.0. The monoisotopic (exact) mass is 324 g/mol. The summed E-state index contributed by atoms with van der Waals surface area (Å²) in [5.74, 6) is -3.43. The number of nitrogens with zero attached hydrogens (tertiary/aromatic N) is 2. The molecule has 126 valence electrons. The Morgan fingerprint density at radius 1 is 1.30 bits per heavy atom. The molecule has 1 aliphatic heterocycles. The second kappa shape index (κ2) is 5.26. The van der Waals surface area contributed by atoms with E-state index >= 15 is 0 Å². The third-order valence-electron chi connectivity index (χ3n) is 5.84. The van der Waals surface area contributed by atoms with E-state index in [4.69, 9.17) is 0 Å². The van der Waals surface area contributed by atoms with E-state index in [1.54, 1.807) is 12.4 Å². The molecule has 7 heteroatoms. The lowest BCUT2D eigenvalue weighted by Gasteiger charge is -2.33. The number of halogens is 2. The van der Waals surface area contributed by atoms with Gasteiger partial charge >= 0.3 is 0 Å². The third kappa shape index (κ3) is 2.36. The molecule has 0 radical (unpaired) electrons. The van der Waals surface area contributed by atoms with Crippen LogP contribution in [0.1, 0.15) is 44.6 Å².